The largest absolute Gasteiger partial charge is 0.480 e. The van der Waals surface area contributed by atoms with E-state index < -0.39 is 0 Å². The second-order valence-corrected chi connectivity index (χ2v) is 5.49. The van der Waals surface area contributed by atoms with Crippen LogP contribution >= 0.6 is 0 Å². The molecule has 0 atom stereocenters. The van der Waals surface area contributed by atoms with Crippen molar-refractivity contribution in [3.05, 3.63) is 66.7 Å². The van der Waals surface area contributed by atoms with E-state index in [-0.39, 0.29) is 6.61 Å². The lowest BCUT2D eigenvalue weighted by Crippen LogP contribution is -1.99. The van der Waals surface area contributed by atoms with Gasteiger partial charge in [0.05, 0.1) is 6.33 Å². The lowest BCUT2D eigenvalue weighted by atomic mass is 10.1. The smallest absolute Gasteiger partial charge is 0.209 e. The molecule has 0 aliphatic heterocycles. The molecule has 0 aliphatic rings. The van der Waals surface area contributed by atoms with Gasteiger partial charge in [-0.25, -0.2) is 9.97 Å². The predicted molar refractivity (Wildman–Crippen MR) is 100 cm³/mol. The highest BCUT2D eigenvalue weighted by Crippen LogP contribution is 2.29. The predicted octanol–water partition coefficient (Wildman–Crippen LogP) is 3.03. The zero-order valence-electron chi connectivity index (χ0n) is 13.8. The van der Waals surface area contributed by atoms with Gasteiger partial charge in [0, 0.05) is 5.56 Å². The standard InChI is InChI=1S/C20H15N5O/c21-19-18-20(23-13-22-18)25-17(24-19)11-6-12-26-16-10-5-4-9-15(16)14-7-2-1-3-8-14/h1-5,7-10,13H,12H2,(H3,21,22,23,24,25). The number of anilines is 1. The molecule has 4 aromatic rings. The van der Waals surface area contributed by atoms with E-state index in [2.05, 4.69) is 31.8 Å². The lowest BCUT2D eigenvalue weighted by molar-refractivity contribution is 0.372. The van der Waals surface area contributed by atoms with Gasteiger partial charge in [-0.05, 0) is 17.6 Å². The van der Waals surface area contributed by atoms with Crippen LogP contribution in [0.2, 0.25) is 0 Å². The first-order chi connectivity index (χ1) is 12.8. The highest BCUT2D eigenvalue weighted by Gasteiger charge is 2.06. The SMILES string of the molecule is Nc1nc(C#CCOc2ccccc2-c2ccccc2)nc2nc[nH]c12. The fourth-order valence-electron chi connectivity index (χ4n) is 2.59. The van der Waals surface area contributed by atoms with Crippen molar-refractivity contribution in [3.8, 4) is 28.7 Å². The third-order valence-corrected chi connectivity index (χ3v) is 3.79. The molecule has 0 fully saturated rings. The van der Waals surface area contributed by atoms with E-state index >= 15 is 0 Å². The Balaban J connectivity index is 1.51. The quantitative estimate of drug-likeness (QED) is 0.559. The van der Waals surface area contributed by atoms with Gasteiger partial charge < -0.3 is 15.5 Å². The molecular weight excluding hydrogens is 326 g/mol. The summed E-state index contributed by atoms with van der Waals surface area (Å²) < 4.78 is 5.83. The number of ether oxygens (including phenoxy) is 1. The Morgan fingerprint density at radius 2 is 1.81 bits per heavy atom. The highest BCUT2D eigenvalue weighted by molar-refractivity contribution is 5.81. The summed E-state index contributed by atoms with van der Waals surface area (Å²) in [5.74, 6) is 7.21. The number of aromatic nitrogens is 4. The molecule has 2 heterocycles. The summed E-state index contributed by atoms with van der Waals surface area (Å²) in [5, 5.41) is 0. The first-order valence-electron chi connectivity index (χ1n) is 8.04. The molecule has 2 aromatic carbocycles. The van der Waals surface area contributed by atoms with Crippen molar-refractivity contribution in [2.45, 2.75) is 0 Å². The number of nitrogens with zero attached hydrogens (tertiary/aromatic N) is 3. The van der Waals surface area contributed by atoms with Gasteiger partial charge in [0.1, 0.15) is 17.9 Å². The molecule has 0 saturated carbocycles. The fraction of sp³-hybridized carbons (Fsp3) is 0.0500. The molecular formula is C20H15N5O. The van der Waals surface area contributed by atoms with E-state index in [1.807, 2.05) is 54.6 Å². The minimum absolute atomic E-state index is 0.214. The van der Waals surface area contributed by atoms with Crippen molar-refractivity contribution in [1.82, 2.24) is 19.9 Å². The Morgan fingerprint density at radius 1 is 1.00 bits per heavy atom. The molecule has 4 rings (SSSR count). The van der Waals surface area contributed by atoms with Crippen molar-refractivity contribution >= 4 is 17.0 Å². The number of H-pyrrole nitrogens is 1. The Bertz CT molecular complexity index is 1110. The maximum atomic E-state index is 5.86. The zero-order valence-corrected chi connectivity index (χ0v) is 13.8. The fourth-order valence-corrected chi connectivity index (χ4v) is 2.59. The van der Waals surface area contributed by atoms with Crippen molar-refractivity contribution in [3.63, 3.8) is 0 Å². The first-order valence-corrected chi connectivity index (χ1v) is 8.04. The van der Waals surface area contributed by atoms with Crippen molar-refractivity contribution in [2.75, 3.05) is 12.3 Å². The van der Waals surface area contributed by atoms with Crippen LogP contribution in [0.25, 0.3) is 22.3 Å². The van der Waals surface area contributed by atoms with Crippen LogP contribution in [-0.2, 0) is 0 Å². The number of imidazole rings is 1. The first kappa shape index (κ1) is 15.7. The van der Waals surface area contributed by atoms with Crippen molar-refractivity contribution in [1.29, 1.82) is 0 Å². The van der Waals surface area contributed by atoms with Gasteiger partial charge in [0.2, 0.25) is 5.82 Å². The zero-order chi connectivity index (χ0) is 17.8. The summed E-state index contributed by atoms with van der Waals surface area (Å²) in [5.41, 5.74) is 9.09. The lowest BCUT2D eigenvalue weighted by Gasteiger charge is -2.09. The molecule has 126 valence electrons. The van der Waals surface area contributed by atoms with Gasteiger partial charge in [-0.1, -0.05) is 54.5 Å². The maximum Gasteiger partial charge on any atom is 0.209 e. The molecule has 6 heteroatoms. The number of hydrogen-bond donors (Lipinski definition) is 2. The Morgan fingerprint density at radius 3 is 2.69 bits per heavy atom. The molecule has 0 aliphatic carbocycles. The number of rotatable bonds is 3. The van der Waals surface area contributed by atoms with Crippen LogP contribution in [0, 0.1) is 11.8 Å². The van der Waals surface area contributed by atoms with Crippen LogP contribution in [0.3, 0.4) is 0 Å². The number of fused-ring (bicyclic) bond motifs is 1. The van der Waals surface area contributed by atoms with Gasteiger partial charge in [-0.3, -0.25) is 0 Å². The summed E-state index contributed by atoms with van der Waals surface area (Å²) in [6.07, 6.45) is 1.52. The normalized spacial score (nSPS) is 10.3. The summed E-state index contributed by atoms with van der Waals surface area (Å²) >= 11 is 0. The molecule has 0 radical (unpaired) electrons. The molecule has 6 nitrogen and oxygen atoms in total. The summed E-state index contributed by atoms with van der Waals surface area (Å²) in [4.78, 5) is 15.4. The number of nitrogens with two attached hydrogens (primary N) is 1. The van der Waals surface area contributed by atoms with Gasteiger partial charge in [0.15, 0.2) is 11.5 Å². The summed E-state index contributed by atoms with van der Waals surface area (Å²) in [6, 6.07) is 17.9. The van der Waals surface area contributed by atoms with Crippen molar-refractivity contribution in [2.24, 2.45) is 0 Å². The second-order valence-electron chi connectivity index (χ2n) is 5.49. The van der Waals surface area contributed by atoms with Gasteiger partial charge >= 0.3 is 0 Å². The molecule has 0 saturated heterocycles. The molecule has 0 unspecified atom stereocenters. The van der Waals surface area contributed by atoms with Gasteiger partial charge in [-0.15, -0.1) is 0 Å². The van der Waals surface area contributed by atoms with Crippen LogP contribution in [-0.4, -0.2) is 26.5 Å². The molecule has 26 heavy (non-hydrogen) atoms. The number of benzene rings is 2. The number of nitrogens with one attached hydrogen (secondary N) is 1. The number of hydrogen-bond acceptors (Lipinski definition) is 5. The van der Waals surface area contributed by atoms with Crippen LogP contribution in [0.4, 0.5) is 5.82 Å². The molecule has 2 aromatic heterocycles. The Hall–Kier alpha value is -3.85. The van der Waals surface area contributed by atoms with Gasteiger partial charge in [0.25, 0.3) is 0 Å². The van der Waals surface area contributed by atoms with E-state index in [1.165, 1.54) is 6.33 Å². The van der Waals surface area contributed by atoms with Crippen LogP contribution in [0.5, 0.6) is 5.75 Å². The van der Waals surface area contributed by atoms with Crippen LogP contribution in [0.15, 0.2) is 60.9 Å². The van der Waals surface area contributed by atoms with E-state index in [1.54, 1.807) is 0 Å². The van der Waals surface area contributed by atoms with E-state index in [4.69, 9.17) is 10.5 Å². The maximum absolute atomic E-state index is 5.86. The average Bonchev–Trinajstić information content (AvgIpc) is 3.16. The van der Waals surface area contributed by atoms with Crippen molar-refractivity contribution < 1.29 is 4.74 Å². The number of nitrogen functional groups attached to an aromatic ring is 1. The van der Waals surface area contributed by atoms with E-state index in [9.17, 15) is 0 Å². The number of aromatic amines is 1. The molecule has 0 amide bonds. The Kier molecular flexibility index (Phi) is 4.19. The topological polar surface area (TPSA) is 89.7 Å². The van der Waals surface area contributed by atoms with Crippen LogP contribution < -0.4 is 10.5 Å². The highest BCUT2D eigenvalue weighted by atomic mass is 16.5. The third-order valence-electron chi connectivity index (χ3n) is 3.79. The molecule has 0 bridgehead atoms. The summed E-state index contributed by atoms with van der Waals surface area (Å²) in [6.45, 7) is 0.214. The molecule has 0 spiro atoms. The average molecular weight is 341 g/mol. The van der Waals surface area contributed by atoms with E-state index in [0.717, 1.165) is 16.9 Å². The monoisotopic (exact) mass is 341 g/mol. The minimum atomic E-state index is 0.214. The Labute approximate surface area is 150 Å². The molecule has 3 N–H and O–H groups in total. The van der Waals surface area contributed by atoms with Crippen LogP contribution in [0.1, 0.15) is 5.82 Å². The number of para-hydroxylation sites is 1. The third kappa shape index (κ3) is 3.19. The summed E-state index contributed by atoms with van der Waals surface area (Å²) in [7, 11) is 0. The second kappa shape index (κ2) is 6.95. The van der Waals surface area contributed by atoms with Gasteiger partial charge in [-0.2, -0.15) is 4.98 Å². The van der Waals surface area contributed by atoms with E-state index in [0.29, 0.717) is 22.8 Å². The minimum Gasteiger partial charge on any atom is -0.480 e.